The van der Waals surface area contributed by atoms with Crippen LogP contribution in [-0.4, -0.2) is 81.5 Å². The topological polar surface area (TPSA) is 58.1 Å². The monoisotopic (exact) mass is 554 g/mol. The smallest absolute Gasteiger partial charge is 0.191 e. The van der Waals surface area contributed by atoms with Gasteiger partial charge in [0, 0.05) is 49.5 Å². The number of rotatable bonds is 7. The predicted octanol–water partition coefficient (Wildman–Crippen LogP) is 2.88. The first-order valence-corrected chi connectivity index (χ1v) is 11.4. The molecule has 0 aromatic heterocycles. The average molecular weight is 555 g/mol. The highest BCUT2D eigenvalue weighted by Gasteiger charge is 2.40. The van der Waals surface area contributed by atoms with Crippen LogP contribution in [0.1, 0.15) is 12.0 Å². The van der Waals surface area contributed by atoms with Crippen molar-refractivity contribution in [3.8, 4) is 5.75 Å². The zero-order chi connectivity index (χ0) is 19.8. The van der Waals surface area contributed by atoms with Crippen molar-refractivity contribution in [3.63, 3.8) is 0 Å². The molecule has 9 heteroatoms. The Morgan fingerprint density at radius 1 is 1.34 bits per heavy atom. The molecule has 6 nitrogen and oxygen atoms in total. The number of thioether (sulfide) groups is 1. The fraction of sp³-hybridized carbons (Fsp3) is 0.650. The summed E-state index contributed by atoms with van der Waals surface area (Å²) < 4.78 is 10.8. The van der Waals surface area contributed by atoms with E-state index < -0.39 is 0 Å². The molecule has 2 aliphatic heterocycles. The van der Waals surface area contributed by atoms with Gasteiger partial charge in [0.15, 0.2) is 5.96 Å². The number of morpholine rings is 1. The molecule has 29 heavy (non-hydrogen) atoms. The van der Waals surface area contributed by atoms with Crippen molar-refractivity contribution in [2.24, 2.45) is 4.99 Å². The van der Waals surface area contributed by atoms with Gasteiger partial charge in [0.1, 0.15) is 5.75 Å². The lowest BCUT2D eigenvalue weighted by molar-refractivity contribution is -0.0120. The maximum Gasteiger partial charge on any atom is 0.191 e. The molecule has 1 aromatic rings. The third-order valence-electron chi connectivity index (χ3n) is 5.52. The summed E-state index contributed by atoms with van der Waals surface area (Å²) in [6.45, 7) is 5.38. The molecule has 0 radical (unpaired) electrons. The first-order valence-electron chi connectivity index (χ1n) is 9.84. The van der Waals surface area contributed by atoms with Crippen molar-refractivity contribution in [2.45, 2.75) is 18.4 Å². The minimum absolute atomic E-state index is 0. The van der Waals surface area contributed by atoms with Crippen LogP contribution >= 0.6 is 47.3 Å². The minimum atomic E-state index is 0. The minimum Gasteiger partial charge on any atom is -0.497 e. The highest BCUT2D eigenvalue weighted by molar-refractivity contribution is 14.0. The quantitative estimate of drug-likeness (QED) is 0.307. The van der Waals surface area contributed by atoms with Gasteiger partial charge in [-0.3, -0.25) is 9.89 Å². The molecule has 2 saturated heterocycles. The van der Waals surface area contributed by atoms with E-state index in [1.54, 1.807) is 7.11 Å². The van der Waals surface area contributed by atoms with Gasteiger partial charge in [-0.2, -0.15) is 11.8 Å². The number of hydrogen-bond donors (Lipinski definition) is 2. The summed E-state index contributed by atoms with van der Waals surface area (Å²) in [7, 11) is 3.47. The van der Waals surface area contributed by atoms with Crippen molar-refractivity contribution in [3.05, 3.63) is 28.8 Å². The molecule has 2 fully saturated rings. The molecule has 0 bridgehead atoms. The van der Waals surface area contributed by atoms with Crippen LogP contribution in [0.25, 0.3) is 0 Å². The predicted molar refractivity (Wildman–Crippen MR) is 134 cm³/mol. The summed E-state index contributed by atoms with van der Waals surface area (Å²) in [4.78, 5) is 7.00. The van der Waals surface area contributed by atoms with Gasteiger partial charge in [0.05, 0.1) is 20.3 Å². The van der Waals surface area contributed by atoms with Gasteiger partial charge < -0.3 is 20.1 Å². The number of nitrogens with one attached hydrogen (secondary N) is 2. The fourth-order valence-electron chi connectivity index (χ4n) is 3.78. The summed E-state index contributed by atoms with van der Waals surface area (Å²) in [5.41, 5.74) is 1.30. The van der Waals surface area contributed by atoms with Crippen molar-refractivity contribution >= 4 is 53.3 Å². The van der Waals surface area contributed by atoms with E-state index in [0.29, 0.717) is 0 Å². The van der Waals surface area contributed by atoms with Crippen molar-refractivity contribution in [2.75, 3.05) is 65.1 Å². The molecule has 2 aliphatic rings. The number of guanidine groups is 1. The van der Waals surface area contributed by atoms with E-state index in [2.05, 4.69) is 20.5 Å². The van der Waals surface area contributed by atoms with Gasteiger partial charge in [-0.1, -0.05) is 17.7 Å². The fourth-order valence-corrected chi connectivity index (χ4v) is 5.52. The standard InChI is InChI=1S/C20H31ClN4O2S.HI/c1-22-19(23-7-5-16-3-4-17(26-2)13-18(16)21)24-14-20(6-12-28-15-20)25-8-10-27-11-9-25;/h3-4,13H,5-12,14-15H2,1-2H3,(H2,22,23,24);1H. The zero-order valence-electron chi connectivity index (χ0n) is 17.2. The third kappa shape index (κ3) is 6.78. The first kappa shape index (κ1) is 24.8. The highest BCUT2D eigenvalue weighted by Crippen LogP contribution is 2.33. The van der Waals surface area contributed by atoms with Crippen LogP contribution in [0.4, 0.5) is 0 Å². The molecular formula is C20H32ClIN4O2S. The van der Waals surface area contributed by atoms with E-state index in [9.17, 15) is 0 Å². The lowest BCUT2D eigenvalue weighted by Gasteiger charge is -2.43. The summed E-state index contributed by atoms with van der Waals surface area (Å²) in [6.07, 6.45) is 2.04. The third-order valence-corrected chi connectivity index (χ3v) is 7.11. The summed E-state index contributed by atoms with van der Waals surface area (Å²) in [5, 5.41) is 7.71. The van der Waals surface area contributed by atoms with Crippen LogP contribution in [0.2, 0.25) is 5.02 Å². The SMILES string of the molecule is CN=C(NCCc1ccc(OC)cc1Cl)NCC1(N2CCOCC2)CCSC1.I. The largest absolute Gasteiger partial charge is 0.497 e. The van der Waals surface area contributed by atoms with Crippen LogP contribution in [0.5, 0.6) is 5.75 Å². The van der Waals surface area contributed by atoms with E-state index in [1.165, 1.54) is 17.9 Å². The molecule has 1 atom stereocenters. The second kappa shape index (κ2) is 12.4. The Morgan fingerprint density at radius 2 is 2.14 bits per heavy atom. The highest BCUT2D eigenvalue weighted by atomic mass is 127. The first-order chi connectivity index (χ1) is 13.7. The summed E-state index contributed by atoms with van der Waals surface area (Å²) in [5.74, 6) is 4.01. The van der Waals surface area contributed by atoms with E-state index in [-0.39, 0.29) is 29.5 Å². The van der Waals surface area contributed by atoms with Gasteiger partial charge in [0.25, 0.3) is 0 Å². The van der Waals surface area contributed by atoms with E-state index in [4.69, 9.17) is 21.1 Å². The molecule has 0 aliphatic carbocycles. The molecule has 2 N–H and O–H groups in total. The molecular weight excluding hydrogens is 523 g/mol. The maximum atomic E-state index is 6.34. The normalized spacial score (nSPS) is 22.8. The van der Waals surface area contributed by atoms with E-state index in [0.717, 1.165) is 68.1 Å². The van der Waals surface area contributed by atoms with Gasteiger partial charge in [0.2, 0.25) is 0 Å². The number of ether oxygens (including phenoxy) is 2. The van der Waals surface area contributed by atoms with Gasteiger partial charge in [-0.15, -0.1) is 24.0 Å². The Morgan fingerprint density at radius 3 is 2.76 bits per heavy atom. The van der Waals surface area contributed by atoms with Crippen molar-refractivity contribution in [1.82, 2.24) is 15.5 Å². The van der Waals surface area contributed by atoms with Crippen LogP contribution in [0, 0.1) is 0 Å². The Bertz CT molecular complexity index is 668. The lowest BCUT2D eigenvalue weighted by Crippen LogP contribution is -2.60. The maximum absolute atomic E-state index is 6.34. The Kier molecular flexibility index (Phi) is 10.7. The number of methoxy groups -OCH3 is 1. The van der Waals surface area contributed by atoms with Crippen LogP contribution in [0.3, 0.4) is 0 Å². The Hall–Kier alpha value is -0.420. The summed E-state index contributed by atoms with van der Waals surface area (Å²) >= 11 is 8.38. The Balaban J connectivity index is 0.00000300. The summed E-state index contributed by atoms with van der Waals surface area (Å²) in [6, 6.07) is 5.81. The molecule has 3 rings (SSSR count). The van der Waals surface area contributed by atoms with E-state index in [1.807, 2.05) is 37.0 Å². The molecule has 1 aromatic carbocycles. The zero-order valence-corrected chi connectivity index (χ0v) is 21.1. The molecule has 0 saturated carbocycles. The van der Waals surface area contributed by atoms with Crippen molar-refractivity contribution in [1.29, 1.82) is 0 Å². The van der Waals surface area contributed by atoms with Gasteiger partial charge >= 0.3 is 0 Å². The lowest BCUT2D eigenvalue weighted by atomic mass is 9.95. The number of hydrogen-bond acceptors (Lipinski definition) is 5. The molecule has 0 amide bonds. The molecule has 1 unspecified atom stereocenters. The second-order valence-corrected chi connectivity index (χ2v) is 8.70. The Labute approximate surface area is 200 Å². The second-order valence-electron chi connectivity index (χ2n) is 7.19. The number of benzene rings is 1. The number of halogens is 2. The molecule has 2 heterocycles. The number of nitrogens with zero attached hydrogens (tertiary/aromatic N) is 2. The van der Waals surface area contributed by atoms with Crippen molar-refractivity contribution < 1.29 is 9.47 Å². The van der Waals surface area contributed by atoms with Gasteiger partial charge in [-0.05, 0) is 36.3 Å². The number of aliphatic imine (C=N–C) groups is 1. The van der Waals surface area contributed by atoms with Gasteiger partial charge in [-0.25, -0.2) is 0 Å². The van der Waals surface area contributed by atoms with Crippen LogP contribution in [-0.2, 0) is 11.2 Å². The van der Waals surface area contributed by atoms with Crippen LogP contribution in [0.15, 0.2) is 23.2 Å². The average Bonchev–Trinajstić information content (AvgIpc) is 3.22. The molecule has 0 spiro atoms. The molecule has 164 valence electrons. The van der Waals surface area contributed by atoms with Crippen LogP contribution < -0.4 is 15.4 Å². The van der Waals surface area contributed by atoms with E-state index >= 15 is 0 Å².